The first-order chi connectivity index (χ1) is 7.25. The Morgan fingerprint density at radius 1 is 1.40 bits per heavy atom. The molecule has 3 rings (SSSR count). The first kappa shape index (κ1) is 9.86. The van der Waals surface area contributed by atoms with Crippen LogP contribution in [0.4, 0.5) is 0 Å². The summed E-state index contributed by atoms with van der Waals surface area (Å²) in [6, 6.07) is 7.37. The van der Waals surface area contributed by atoms with Crippen LogP contribution >= 0.6 is 15.9 Å². The standard InChI is InChI=1S/C13H16BrN/c1-15-12-8-13(5-2-6-13)11-7-9(14)3-4-10(11)12/h3-4,7,12,15H,2,5-6,8H2,1H3. The normalized spacial score (nSPS) is 26.4. The van der Waals surface area contributed by atoms with E-state index >= 15 is 0 Å². The molecule has 1 unspecified atom stereocenters. The number of nitrogens with one attached hydrogen (secondary N) is 1. The summed E-state index contributed by atoms with van der Waals surface area (Å²) >= 11 is 3.59. The molecule has 1 aromatic rings. The summed E-state index contributed by atoms with van der Waals surface area (Å²) < 4.78 is 1.23. The van der Waals surface area contributed by atoms with Crippen molar-refractivity contribution in [2.75, 3.05) is 7.05 Å². The summed E-state index contributed by atoms with van der Waals surface area (Å²) in [5.74, 6) is 0. The van der Waals surface area contributed by atoms with Crippen LogP contribution in [0.5, 0.6) is 0 Å². The molecule has 2 aliphatic carbocycles. The molecule has 0 aromatic heterocycles. The van der Waals surface area contributed by atoms with Crippen molar-refractivity contribution in [3.8, 4) is 0 Å². The smallest absolute Gasteiger partial charge is 0.0329 e. The lowest BCUT2D eigenvalue weighted by Gasteiger charge is -2.39. The van der Waals surface area contributed by atoms with Gasteiger partial charge in [-0.15, -0.1) is 0 Å². The second-order valence-electron chi connectivity index (χ2n) is 4.91. The topological polar surface area (TPSA) is 12.0 Å². The molecule has 0 aliphatic heterocycles. The highest BCUT2D eigenvalue weighted by Crippen LogP contribution is 2.56. The fraction of sp³-hybridized carbons (Fsp3) is 0.538. The van der Waals surface area contributed by atoms with Gasteiger partial charge in [-0.25, -0.2) is 0 Å². The third kappa shape index (κ3) is 1.31. The molecule has 0 heterocycles. The first-order valence-electron chi connectivity index (χ1n) is 5.72. The number of halogens is 1. The van der Waals surface area contributed by atoms with Crippen LogP contribution in [0.15, 0.2) is 22.7 Å². The fourth-order valence-corrected chi connectivity index (χ4v) is 3.60. The van der Waals surface area contributed by atoms with Crippen LogP contribution in [0.25, 0.3) is 0 Å². The zero-order valence-corrected chi connectivity index (χ0v) is 10.6. The quantitative estimate of drug-likeness (QED) is 0.819. The minimum absolute atomic E-state index is 0.521. The molecule has 1 fully saturated rings. The van der Waals surface area contributed by atoms with E-state index in [-0.39, 0.29) is 0 Å². The highest BCUT2D eigenvalue weighted by atomic mass is 79.9. The van der Waals surface area contributed by atoms with Gasteiger partial charge in [0, 0.05) is 10.5 Å². The van der Waals surface area contributed by atoms with E-state index in [4.69, 9.17) is 0 Å². The van der Waals surface area contributed by atoms with Crippen LogP contribution in [0.3, 0.4) is 0 Å². The van der Waals surface area contributed by atoms with Crippen molar-refractivity contribution in [1.82, 2.24) is 5.32 Å². The molecule has 1 saturated carbocycles. The van der Waals surface area contributed by atoms with Crippen LogP contribution in [0.1, 0.15) is 42.9 Å². The molecule has 0 amide bonds. The number of benzene rings is 1. The molecule has 0 saturated heterocycles. The first-order valence-corrected chi connectivity index (χ1v) is 6.52. The number of rotatable bonds is 1. The Kier molecular flexibility index (Phi) is 2.18. The van der Waals surface area contributed by atoms with Gasteiger partial charge in [0.25, 0.3) is 0 Å². The Morgan fingerprint density at radius 3 is 2.80 bits per heavy atom. The molecule has 1 aromatic carbocycles. The predicted octanol–water partition coefficient (Wildman–Crippen LogP) is 3.54. The van der Waals surface area contributed by atoms with Gasteiger partial charge in [0.1, 0.15) is 0 Å². The van der Waals surface area contributed by atoms with Crippen LogP contribution in [-0.4, -0.2) is 7.05 Å². The third-order valence-electron chi connectivity index (χ3n) is 4.22. The fourth-order valence-electron chi connectivity index (χ4n) is 3.24. The minimum Gasteiger partial charge on any atom is -0.313 e. The molecular formula is C13H16BrN. The Morgan fingerprint density at radius 2 is 2.20 bits per heavy atom. The van der Waals surface area contributed by atoms with E-state index in [2.05, 4.69) is 46.5 Å². The molecule has 1 spiro atoms. The molecular weight excluding hydrogens is 250 g/mol. The van der Waals surface area contributed by atoms with Crippen LogP contribution < -0.4 is 5.32 Å². The molecule has 1 N–H and O–H groups in total. The molecule has 15 heavy (non-hydrogen) atoms. The molecule has 2 aliphatic rings. The van der Waals surface area contributed by atoms with E-state index in [1.54, 1.807) is 5.56 Å². The van der Waals surface area contributed by atoms with Crippen molar-refractivity contribution in [2.45, 2.75) is 37.1 Å². The van der Waals surface area contributed by atoms with Crippen molar-refractivity contribution in [3.63, 3.8) is 0 Å². The lowest BCUT2D eigenvalue weighted by Crippen LogP contribution is -2.32. The molecule has 2 heteroatoms. The summed E-state index contributed by atoms with van der Waals surface area (Å²) in [4.78, 5) is 0. The van der Waals surface area contributed by atoms with E-state index < -0.39 is 0 Å². The number of fused-ring (bicyclic) bond motifs is 2. The van der Waals surface area contributed by atoms with Gasteiger partial charge in [-0.1, -0.05) is 28.4 Å². The minimum atomic E-state index is 0.521. The zero-order chi connectivity index (χ0) is 10.5. The van der Waals surface area contributed by atoms with E-state index in [0.717, 1.165) is 0 Å². The average Bonchev–Trinajstić information content (AvgIpc) is 2.51. The summed E-state index contributed by atoms with van der Waals surface area (Å²) in [6.07, 6.45) is 5.47. The molecule has 1 atom stereocenters. The van der Waals surface area contributed by atoms with Crippen molar-refractivity contribution in [3.05, 3.63) is 33.8 Å². The summed E-state index contributed by atoms with van der Waals surface area (Å²) in [5, 5.41) is 3.45. The largest absolute Gasteiger partial charge is 0.313 e. The van der Waals surface area contributed by atoms with Gasteiger partial charge >= 0.3 is 0 Å². The Bertz CT molecular complexity index is 396. The maximum absolute atomic E-state index is 3.59. The van der Waals surface area contributed by atoms with E-state index in [0.29, 0.717) is 11.5 Å². The van der Waals surface area contributed by atoms with E-state index in [1.807, 2.05) is 0 Å². The van der Waals surface area contributed by atoms with Gasteiger partial charge in [-0.05, 0) is 55.0 Å². The number of hydrogen-bond donors (Lipinski definition) is 1. The summed E-state index contributed by atoms with van der Waals surface area (Å²) in [5.41, 5.74) is 3.65. The van der Waals surface area contributed by atoms with Gasteiger partial charge in [-0.2, -0.15) is 0 Å². The summed E-state index contributed by atoms with van der Waals surface area (Å²) in [7, 11) is 2.08. The second kappa shape index (κ2) is 3.33. The highest BCUT2D eigenvalue weighted by molar-refractivity contribution is 9.10. The lowest BCUT2D eigenvalue weighted by molar-refractivity contribution is 0.227. The highest BCUT2D eigenvalue weighted by Gasteiger charge is 2.47. The van der Waals surface area contributed by atoms with Crippen molar-refractivity contribution in [2.24, 2.45) is 0 Å². The Hall–Kier alpha value is -0.340. The zero-order valence-electron chi connectivity index (χ0n) is 9.02. The second-order valence-corrected chi connectivity index (χ2v) is 5.83. The maximum Gasteiger partial charge on any atom is 0.0329 e. The maximum atomic E-state index is 3.59. The molecule has 0 bridgehead atoms. The van der Waals surface area contributed by atoms with Crippen LogP contribution in [0.2, 0.25) is 0 Å². The summed E-state index contributed by atoms with van der Waals surface area (Å²) in [6.45, 7) is 0. The average molecular weight is 266 g/mol. The van der Waals surface area contributed by atoms with E-state index in [1.165, 1.54) is 35.7 Å². The lowest BCUT2D eigenvalue weighted by atomic mass is 9.65. The predicted molar refractivity (Wildman–Crippen MR) is 66.1 cm³/mol. The molecule has 0 radical (unpaired) electrons. The van der Waals surface area contributed by atoms with Gasteiger partial charge in [0.05, 0.1) is 0 Å². The third-order valence-corrected chi connectivity index (χ3v) is 4.71. The Labute approximate surface area is 99.4 Å². The van der Waals surface area contributed by atoms with Gasteiger partial charge in [-0.3, -0.25) is 0 Å². The van der Waals surface area contributed by atoms with Gasteiger partial charge in [0.15, 0.2) is 0 Å². The van der Waals surface area contributed by atoms with Crippen molar-refractivity contribution < 1.29 is 0 Å². The van der Waals surface area contributed by atoms with Crippen molar-refractivity contribution in [1.29, 1.82) is 0 Å². The van der Waals surface area contributed by atoms with Crippen LogP contribution in [0, 0.1) is 0 Å². The van der Waals surface area contributed by atoms with Crippen LogP contribution in [-0.2, 0) is 5.41 Å². The number of hydrogen-bond acceptors (Lipinski definition) is 1. The van der Waals surface area contributed by atoms with Gasteiger partial charge < -0.3 is 5.32 Å². The SMILES string of the molecule is CNC1CC2(CCC2)c2cc(Br)ccc21. The molecule has 80 valence electrons. The Balaban J connectivity index is 2.11. The molecule has 1 nitrogen and oxygen atoms in total. The van der Waals surface area contributed by atoms with Gasteiger partial charge in [0.2, 0.25) is 0 Å². The van der Waals surface area contributed by atoms with Crippen molar-refractivity contribution >= 4 is 15.9 Å². The monoisotopic (exact) mass is 265 g/mol. The van der Waals surface area contributed by atoms with E-state index in [9.17, 15) is 0 Å².